The van der Waals surface area contributed by atoms with Crippen LogP contribution in [0.5, 0.6) is 5.75 Å². The maximum Gasteiger partial charge on any atom is 0.248 e. The summed E-state index contributed by atoms with van der Waals surface area (Å²) in [6.07, 6.45) is 1.08. The minimum atomic E-state index is -0.759. The molecule has 32 heavy (non-hydrogen) atoms. The van der Waals surface area contributed by atoms with Crippen molar-refractivity contribution in [2.45, 2.75) is 52.0 Å². The Balaban J connectivity index is 1.80. The molecule has 2 N–H and O–H groups in total. The first-order valence-electron chi connectivity index (χ1n) is 10.4. The van der Waals surface area contributed by atoms with E-state index in [2.05, 4.69) is 21.7 Å². The number of aromatic nitrogens is 3. The third kappa shape index (κ3) is 5.06. The minimum absolute atomic E-state index is 0.0867. The zero-order valence-electron chi connectivity index (χ0n) is 18.6. The van der Waals surface area contributed by atoms with Crippen LogP contribution in [0, 0.1) is 16.7 Å². The third-order valence-electron chi connectivity index (χ3n) is 5.34. The summed E-state index contributed by atoms with van der Waals surface area (Å²) in [7, 11) is 1.51. The first-order chi connectivity index (χ1) is 15.1. The maximum absolute atomic E-state index is 13.5. The number of rotatable bonds is 6. The van der Waals surface area contributed by atoms with E-state index in [1.54, 1.807) is 30.5 Å². The Morgan fingerprint density at radius 3 is 2.81 bits per heavy atom. The number of aliphatic hydroxyl groups excluding tert-OH is 1. The summed E-state index contributed by atoms with van der Waals surface area (Å²) in [5, 5.41) is 29.9. The number of ether oxygens (including phenoxy) is 1. The van der Waals surface area contributed by atoms with Crippen molar-refractivity contribution < 1.29 is 19.4 Å². The Labute approximate surface area is 186 Å². The highest BCUT2D eigenvalue weighted by atomic mass is 16.5. The van der Waals surface area contributed by atoms with Gasteiger partial charge in [0.1, 0.15) is 30.1 Å². The van der Waals surface area contributed by atoms with Crippen LogP contribution in [-0.4, -0.2) is 62.6 Å². The molecule has 1 fully saturated rings. The van der Waals surface area contributed by atoms with Crippen LogP contribution < -0.4 is 10.1 Å². The number of aliphatic hydroxyl groups is 1. The molecule has 0 spiro atoms. The van der Waals surface area contributed by atoms with Crippen molar-refractivity contribution in [1.82, 2.24) is 25.2 Å². The molecule has 0 saturated carbocycles. The van der Waals surface area contributed by atoms with Crippen LogP contribution >= 0.6 is 0 Å². The second-order valence-electron chi connectivity index (χ2n) is 8.90. The molecule has 3 rings (SSSR count). The molecule has 1 aromatic carbocycles. The van der Waals surface area contributed by atoms with E-state index < -0.39 is 23.6 Å². The Bertz CT molecular complexity index is 1020. The van der Waals surface area contributed by atoms with Gasteiger partial charge in [-0.15, -0.1) is 5.10 Å². The fourth-order valence-corrected chi connectivity index (χ4v) is 3.83. The van der Waals surface area contributed by atoms with Crippen LogP contribution in [0.15, 0.2) is 30.5 Å². The number of carbonyl (C=O) groups excluding carboxylic acids is 2. The molecular formula is C22H28N6O4. The Kier molecular flexibility index (Phi) is 6.79. The second-order valence-corrected chi connectivity index (χ2v) is 8.90. The lowest BCUT2D eigenvalue weighted by molar-refractivity contribution is -0.144. The molecule has 10 heteroatoms. The standard InChI is InChI=1S/C22H28N6O4/c1-22(2,3)19(21(31)27-12-16(29)9-18(27)20(30)24-4)28-11-15(25-26-28)13-32-17-7-5-6-14(8-17)10-23/h5-8,11,16,18-19,29H,9,12-13H2,1-4H3,(H,24,30)/t16?,18-,19?/m1/s1. The van der Waals surface area contributed by atoms with Crippen LogP contribution in [-0.2, 0) is 16.2 Å². The van der Waals surface area contributed by atoms with Gasteiger partial charge in [-0.25, -0.2) is 4.68 Å². The monoisotopic (exact) mass is 440 g/mol. The van der Waals surface area contributed by atoms with E-state index in [1.807, 2.05) is 20.8 Å². The van der Waals surface area contributed by atoms with Gasteiger partial charge in [-0.3, -0.25) is 9.59 Å². The van der Waals surface area contributed by atoms with Crippen molar-refractivity contribution in [2.24, 2.45) is 5.41 Å². The number of nitriles is 1. The topological polar surface area (TPSA) is 133 Å². The average molecular weight is 441 g/mol. The van der Waals surface area contributed by atoms with Crippen LogP contribution in [0.4, 0.5) is 0 Å². The highest BCUT2D eigenvalue weighted by Crippen LogP contribution is 2.34. The quantitative estimate of drug-likeness (QED) is 0.685. The predicted octanol–water partition coefficient (Wildman–Crippen LogP) is 1.02. The summed E-state index contributed by atoms with van der Waals surface area (Å²) >= 11 is 0. The number of amides is 2. The predicted molar refractivity (Wildman–Crippen MR) is 114 cm³/mol. The van der Waals surface area contributed by atoms with E-state index in [9.17, 15) is 14.7 Å². The number of carbonyl (C=O) groups is 2. The number of likely N-dealkylation sites (tertiary alicyclic amines) is 1. The summed E-state index contributed by atoms with van der Waals surface area (Å²) in [5.41, 5.74) is 0.465. The molecule has 2 aromatic rings. The fraction of sp³-hybridized carbons (Fsp3) is 0.500. The lowest BCUT2D eigenvalue weighted by Crippen LogP contribution is -2.49. The van der Waals surface area contributed by atoms with Gasteiger partial charge in [-0.2, -0.15) is 5.26 Å². The highest BCUT2D eigenvalue weighted by Gasteiger charge is 2.44. The van der Waals surface area contributed by atoms with Crippen LogP contribution in [0.2, 0.25) is 0 Å². The molecule has 2 amide bonds. The number of nitrogens with zero attached hydrogens (tertiary/aromatic N) is 5. The van der Waals surface area contributed by atoms with E-state index in [4.69, 9.17) is 10.00 Å². The molecule has 10 nitrogen and oxygen atoms in total. The van der Waals surface area contributed by atoms with Gasteiger partial charge in [-0.05, 0) is 23.6 Å². The third-order valence-corrected chi connectivity index (χ3v) is 5.34. The number of hydrogen-bond donors (Lipinski definition) is 2. The van der Waals surface area contributed by atoms with Crippen molar-refractivity contribution in [1.29, 1.82) is 5.26 Å². The summed E-state index contributed by atoms with van der Waals surface area (Å²) in [4.78, 5) is 27.2. The first kappa shape index (κ1) is 23.2. The summed E-state index contributed by atoms with van der Waals surface area (Å²) in [6.45, 7) is 5.92. The number of β-amino-alcohol motifs (C(OH)–C–C–N with tert-alkyl or cyclic N) is 1. The van der Waals surface area contributed by atoms with Gasteiger partial charge in [0.15, 0.2) is 0 Å². The van der Waals surface area contributed by atoms with Crippen LogP contribution in [0.3, 0.4) is 0 Å². The largest absolute Gasteiger partial charge is 0.487 e. The zero-order chi connectivity index (χ0) is 23.5. The lowest BCUT2D eigenvalue weighted by Gasteiger charge is -2.34. The summed E-state index contributed by atoms with van der Waals surface area (Å²) < 4.78 is 7.19. The average Bonchev–Trinajstić information content (AvgIpc) is 3.37. The Morgan fingerprint density at radius 1 is 1.41 bits per heavy atom. The van der Waals surface area contributed by atoms with E-state index >= 15 is 0 Å². The van der Waals surface area contributed by atoms with Gasteiger partial charge in [0.05, 0.1) is 23.9 Å². The zero-order valence-corrected chi connectivity index (χ0v) is 18.6. The molecule has 1 aliphatic rings. The van der Waals surface area contributed by atoms with Crippen molar-refractivity contribution >= 4 is 11.8 Å². The molecule has 1 aromatic heterocycles. The SMILES string of the molecule is CNC(=O)[C@H]1CC(O)CN1C(=O)C(n1cc(COc2cccc(C#N)c2)nn1)C(C)(C)C. The maximum atomic E-state index is 13.5. The fourth-order valence-electron chi connectivity index (χ4n) is 3.83. The first-order valence-corrected chi connectivity index (χ1v) is 10.4. The van der Waals surface area contributed by atoms with Gasteiger partial charge in [0.25, 0.3) is 0 Å². The Morgan fingerprint density at radius 2 is 2.16 bits per heavy atom. The molecule has 0 radical (unpaired) electrons. The molecule has 2 unspecified atom stereocenters. The van der Waals surface area contributed by atoms with Crippen LogP contribution in [0.1, 0.15) is 44.5 Å². The molecule has 2 heterocycles. The van der Waals surface area contributed by atoms with E-state index in [1.165, 1.54) is 16.6 Å². The molecule has 3 atom stereocenters. The van der Waals surface area contributed by atoms with Crippen molar-refractivity contribution in [2.75, 3.05) is 13.6 Å². The van der Waals surface area contributed by atoms with Crippen molar-refractivity contribution in [3.8, 4) is 11.8 Å². The van der Waals surface area contributed by atoms with Gasteiger partial charge in [0.2, 0.25) is 11.8 Å². The molecular weight excluding hydrogens is 412 g/mol. The molecule has 1 saturated heterocycles. The van der Waals surface area contributed by atoms with Gasteiger partial charge >= 0.3 is 0 Å². The molecule has 0 aliphatic carbocycles. The van der Waals surface area contributed by atoms with Crippen LogP contribution in [0.25, 0.3) is 0 Å². The number of benzene rings is 1. The lowest BCUT2D eigenvalue weighted by atomic mass is 9.85. The van der Waals surface area contributed by atoms with Gasteiger partial charge in [-0.1, -0.05) is 32.1 Å². The summed E-state index contributed by atoms with van der Waals surface area (Å²) in [5.74, 6) is -0.0851. The van der Waals surface area contributed by atoms with Gasteiger partial charge < -0.3 is 20.1 Å². The summed E-state index contributed by atoms with van der Waals surface area (Å²) in [6, 6.07) is 7.38. The number of nitrogens with one attached hydrogen (secondary N) is 1. The highest BCUT2D eigenvalue weighted by molar-refractivity contribution is 5.90. The minimum Gasteiger partial charge on any atom is -0.487 e. The van der Waals surface area contributed by atoms with E-state index in [0.29, 0.717) is 17.0 Å². The van der Waals surface area contributed by atoms with E-state index in [0.717, 1.165) is 0 Å². The van der Waals surface area contributed by atoms with Gasteiger partial charge in [0, 0.05) is 20.0 Å². The normalized spacial score (nSPS) is 19.3. The second kappa shape index (κ2) is 9.36. The van der Waals surface area contributed by atoms with Crippen molar-refractivity contribution in [3.05, 3.63) is 41.7 Å². The Hall–Kier alpha value is -3.45. The van der Waals surface area contributed by atoms with E-state index in [-0.39, 0.29) is 31.4 Å². The number of likely N-dealkylation sites (N-methyl/N-ethyl adjacent to an activating group) is 1. The number of hydrogen-bond acceptors (Lipinski definition) is 7. The molecule has 0 bridgehead atoms. The smallest absolute Gasteiger partial charge is 0.248 e. The van der Waals surface area contributed by atoms with Crippen molar-refractivity contribution in [3.63, 3.8) is 0 Å². The molecule has 1 aliphatic heterocycles. The molecule has 170 valence electrons.